The lowest BCUT2D eigenvalue weighted by Gasteiger charge is -2.39. The number of nitrogens with zero attached hydrogens (tertiary/aromatic N) is 2. The van der Waals surface area contributed by atoms with Gasteiger partial charge in [0, 0.05) is 6.92 Å². The van der Waals surface area contributed by atoms with Crippen LogP contribution in [0.15, 0.2) is 4.52 Å². The summed E-state index contributed by atoms with van der Waals surface area (Å²) in [6.07, 6.45) is 2.28. The average molecular weight is 293 g/mol. The normalized spacial score (nSPS) is 23.2. The Hall–Kier alpha value is -2.45. The monoisotopic (exact) mass is 293 g/mol. The number of aromatic nitrogens is 2. The van der Waals surface area contributed by atoms with Crippen molar-refractivity contribution in [2.45, 2.75) is 44.2 Å². The minimum Gasteiger partial charge on any atom is -0.343 e. The van der Waals surface area contributed by atoms with Crippen LogP contribution in [0.1, 0.15) is 37.4 Å². The quantitative estimate of drug-likeness (QED) is 0.641. The molecule has 3 rings (SSSR count). The van der Waals surface area contributed by atoms with Crippen LogP contribution in [-0.2, 0) is 15.1 Å². The highest BCUT2D eigenvalue weighted by molar-refractivity contribution is 6.05. The van der Waals surface area contributed by atoms with E-state index in [4.69, 9.17) is 4.52 Å². The van der Waals surface area contributed by atoms with Crippen LogP contribution in [0.2, 0.25) is 0 Å². The number of rotatable bonds is 4. The van der Waals surface area contributed by atoms with Crippen molar-refractivity contribution in [3.05, 3.63) is 11.7 Å². The number of imide groups is 1. The summed E-state index contributed by atoms with van der Waals surface area (Å²) in [5, 5.41) is 11.2. The molecular formula is C12H15N5O4. The van der Waals surface area contributed by atoms with Gasteiger partial charge in [-0.2, -0.15) is 4.98 Å². The van der Waals surface area contributed by atoms with Gasteiger partial charge in [0.05, 0.1) is 6.42 Å². The molecule has 0 radical (unpaired) electrons. The van der Waals surface area contributed by atoms with Gasteiger partial charge in [0.1, 0.15) is 11.6 Å². The Balaban J connectivity index is 1.66. The van der Waals surface area contributed by atoms with Crippen LogP contribution >= 0.6 is 0 Å². The van der Waals surface area contributed by atoms with Crippen molar-refractivity contribution in [1.29, 1.82) is 0 Å². The maximum absolute atomic E-state index is 12.1. The fourth-order valence-electron chi connectivity index (χ4n) is 2.53. The van der Waals surface area contributed by atoms with Gasteiger partial charge in [-0.05, 0) is 19.3 Å². The first-order valence-electron chi connectivity index (χ1n) is 6.72. The number of nitrogens with one attached hydrogen (secondary N) is 3. The highest BCUT2D eigenvalue weighted by atomic mass is 16.5. The maximum atomic E-state index is 12.1. The highest BCUT2D eigenvalue weighted by Crippen LogP contribution is 2.39. The Morgan fingerprint density at radius 3 is 2.71 bits per heavy atom. The van der Waals surface area contributed by atoms with Crippen LogP contribution < -0.4 is 16.0 Å². The summed E-state index contributed by atoms with van der Waals surface area (Å²) < 4.78 is 4.96. The Morgan fingerprint density at radius 1 is 1.48 bits per heavy atom. The molecule has 1 aliphatic heterocycles. The summed E-state index contributed by atoms with van der Waals surface area (Å²) in [6.45, 7) is 1.68. The Kier molecular flexibility index (Phi) is 3.11. The molecule has 3 N–H and O–H groups in total. The molecule has 1 aromatic rings. The summed E-state index contributed by atoms with van der Waals surface area (Å²) >= 11 is 0. The first-order valence-corrected chi connectivity index (χ1v) is 6.72. The second-order valence-electron chi connectivity index (χ2n) is 5.34. The van der Waals surface area contributed by atoms with E-state index < -0.39 is 23.5 Å². The molecule has 1 atom stereocenters. The molecule has 0 spiro atoms. The lowest BCUT2D eigenvalue weighted by atomic mass is 9.76. The number of urea groups is 1. The van der Waals surface area contributed by atoms with Crippen LogP contribution in [0.5, 0.6) is 0 Å². The topological polar surface area (TPSA) is 126 Å². The molecule has 1 saturated heterocycles. The molecule has 1 aliphatic carbocycles. The van der Waals surface area contributed by atoms with E-state index >= 15 is 0 Å². The standard InChI is InChI=1S/C12H15N5O4/c1-6-13-10(17-21-6)12(3-2-4-12)16-8(18)5-7-9(19)15-11(20)14-7/h7H,2-5H2,1H3,(H,16,18)(H2,14,15,19,20). The summed E-state index contributed by atoms with van der Waals surface area (Å²) in [7, 11) is 0. The van der Waals surface area contributed by atoms with Crippen LogP contribution in [0.25, 0.3) is 0 Å². The van der Waals surface area contributed by atoms with E-state index in [1.807, 2.05) is 0 Å². The summed E-state index contributed by atoms with van der Waals surface area (Å²) in [5.41, 5.74) is -0.617. The summed E-state index contributed by atoms with van der Waals surface area (Å²) in [5.74, 6) is 0.0696. The van der Waals surface area contributed by atoms with Gasteiger partial charge in [0.25, 0.3) is 5.91 Å². The van der Waals surface area contributed by atoms with Crippen molar-refractivity contribution >= 4 is 17.8 Å². The van der Waals surface area contributed by atoms with Crippen molar-refractivity contribution in [3.8, 4) is 0 Å². The largest absolute Gasteiger partial charge is 0.343 e. The Morgan fingerprint density at radius 2 is 2.24 bits per heavy atom. The van der Waals surface area contributed by atoms with Crippen molar-refractivity contribution in [2.75, 3.05) is 0 Å². The second kappa shape index (κ2) is 4.83. The SMILES string of the molecule is Cc1nc(C2(NC(=O)CC3NC(=O)NC3=O)CCC2)no1. The van der Waals surface area contributed by atoms with Crippen LogP contribution in [-0.4, -0.2) is 34.0 Å². The van der Waals surface area contributed by atoms with E-state index in [1.165, 1.54) is 0 Å². The number of hydrogen-bond acceptors (Lipinski definition) is 6. The molecule has 9 nitrogen and oxygen atoms in total. The van der Waals surface area contributed by atoms with Crippen molar-refractivity contribution in [1.82, 2.24) is 26.1 Å². The molecular weight excluding hydrogens is 278 g/mol. The highest BCUT2D eigenvalue weighted by Gasteiger charge is 2.44. The zero-order valence-electron chi connectivity index (χ0n) is 11.4. The minimum absolute atomic E-state index is 0.115. The van der Waals surface area contributed by atoms with Gasteiger partial charge in [-0.3, -0.25) is 14.9 Å². The van der Waals surface area contributed by atoms with E-state index in [1.54, 1.807) is 6.92 Å². The van der Waals surface area contributed by atoms with Crippen LogP contribution in [0, 0.1) is 6.92 Å². The molecule has 2 heterocycles. The van der Waals surface area contributed by atoms with Gasteiger partial charge in [0.2, 0.25) is 11.8 Å². The predicted octanol–water partition coefficient (Wildman–Crippen LogP) is -0.528. The van der Waals surface area contributed by atoms with E-state index in [0.717, 1.165) is 19.3 Å². The number of amides is 4. The molecule has 1 saturated carbocycles. The zero-order chi connectivity index (χ0) is 15.0. The first kappa shape index (κ1) is 13.5. The third-order valence-electron chi connectivity index (χ3n) is 3.79. The Bertz CT molecular complexity index is 607. The lowest BCUT2D eigenvalue weighted by molar-refractivity contribution is -0.128. The Labute approximate surface area is 119 Å². The lowest BCUT2D eigenvalue weighted by Crippen LogP contribution is -2.52. The summed E-state index contributed by atoms with van der Waals surface area (Å²) in [6, 6.07) is -1.41. The van der Waals surface area contributed by atoms with E-state index in [-0.39, 0.29) is 12.3 Å². The molecule has 0 bridgehead atoms. The molecule has 2 aliphatic rings. The number of carbonyl (C=O) groups excluding carboxylic acids is 3. The summed E-state index contributed by atoms with van der Waals surface area (Å²) in [4.78, 5) is 38.7. The molecule has 0 aromatic carbocycles. The fraction of sp³-hybridized carbons (Fsp3) is 0.583. The maximum Gasteiger partial charge on any atom is 0.322 e. The van der Waals surface area contributed by atoms with E-state index in [9.17, 15) is 14.4 Å². The van der Waals surface area contributed by atoms with E-state index in [2.05, 4.69) is 26.1 Å². The smallest absolute Gasteiger partial charge is 0.322 e. The van der Waals surface area contributed by atoms with Gasteiger partial charge >= 0.3 is 6.03 Å². The predicted molar refractivity (Wildman–Crippen MR) is 67.8 cm³/mol. The number of aryl methyl sites for hydroxylation is 1. The van der Waals surface area contributed by atoms with Crippen LogP contribution in [0.4, 0.5) is 4.79 Å². The number of hydrogen-bond donors (Lipinski definition) is 3. The molecule has 112 valence electrons. The molecule has 4 amide bonds. The van der Waals surface area contributed by atoms with Gasteiger partial charge in [-0.25, -0.2) is 4.79 Å². The fourth-order valence-corrected chi connectivity index (χ4v) is 2.53. The van der Waals surface area contributed by atoms with Crippen LogP contribution in [0.3, 0.4) is 0 Å². The third kappa shape index (κ3) is 2.46. The van der Waals surface area contributed by atoms with Crippen molar-refractivity contribution in [2.24, 2.45) is 0 Å². The molecule has 21 heavy (non-hydrogen) atoms. The minimum atomic E-state index is -0.832. The first-order chi connectivity index (χ1) is 9.98. The third-order valence-corrected chi connectivity index (χ3v) is 3.79. The van der Waals surface area contributed by atoms with Crippen molar-refractivity contribution in [3.63, 3.8) is 0 Å². The number of carbonyl (C=O) groups is 3. The van der Waals surface area contributed by atoms with Gasteiger partial charge in [0.15, 0.2) is 5.82 Å². The average Bonchev–Trinajstić information content (AvgIpc) is 2.91. The van der Waals surface area contributed by atoms with Gasteiger partial charge in [-0.15, -0.1) is 0 Å². The zero-order valence-corrected chi connectivity index (χ0v) is 11.4. The van der Waals surface area contributed by atoms with Gasteiger partial charge < -0.3 is 15.2 Å². The molecule has 1 unspecified atom stereocenters. The van der Waals surface area contributed by atoms with E-state index in [0.29, 0.717) is 11.7 Å². The van der Waals surface area contributed by atoms with Crippen molar-refractivity contribution < 1.29 is 18.9 Å². The molecule has 9 heteroatoms. The second-order valence-corrected chi connectivity index (χ2v) is 5.34. The molecule has 1 aromatic heterocycles. The molecule has 2 fully saturated rings. The van der Waals surface area contributed by atoms with Gasteiger partial charge in [-0.1, -0.05) is 5.16 Å².